The van der Waals surface area contributed by atoms with Gasteiger partial charge in [-0.3, -0.25) is 0 Å². The Morgan fingerprint density at radius 3 is 0.792 bits per heavy atom. The summed E-state index contributed by atoms with van der Waals surface area (Å²) in [5.41, 5.74) is -1.00. The lowest BCUT2D eigenvalue weighted by atomic mass is 9.52. The molecule has 0 aromatic rings. The predicted octanol–water partition coefficient (Wildman–Crippen LogP) is 11.5. The molecule has 3 N–H and O–H groups in total. The molecule has 6 aliphatic carbocycles. The van der Waals surface area contributed by atoms with Gasteiger partial charge in [-0.2, -0.15) is 0 Å². The molecule has 15 atom stereocenters. The molecule has 3 nitrogen and oxygen atoms in total. The molecule has 6 saturated carbocycles. The highest BCUT2D eigenvalue weighted by Crippen LogP contribution is 2.59. The second kappa shape index (κ2) is 14.5. The van der Waals surface area contributed by atoms with Gasteiger partial charge in [0.05, 0.1) is 16.8 Å². The summed E-state index contributed by atoms with van der Waals surface area (Å²) in [6, 6.07) is 0. The van der Waals surface area contributed by atoms with Crippen LogP contribution in [0.3, 0.4) is 0 Å². The zero-order chi connectivity index (χ0) is 36.4. The van der Waals surface area contributed by atoms with Gasteiger partial charge in [-0.05, 0) is 110 Å². The zero-order valence-corrected chi connectivity index (χ0v) is 35.2. The van der Waals surface area contributed by atoms with E-state index in [0.717, 1.165) is 38.5 Å². The Morgan fingerprint density at radius 2 is 0.583 bits per heavy atom. The molecule has 48 heavy (non-hydrogen) atoms. The third-order valence-electron chi connectivity index (χ3n) is 15.7. The van der Waals surface area contributed by atoms with Crippen molar-refractivity contribution in [2.75, 3.05) is 0 Å². The molecular formula is C42H75Cl3O3. The van der Waals surface area contributed by atoms with Crippen LogP contribution in [0.2, 0.25) is 0 Å². The van der Waals surface area contributed by atoms with Crippen LogP contribution in [-0.2, 0) is 0 Å². The van der Waals surface area contributed by atoms with E-state index in [2.05, 4.69) is 83.1 Å². The van der Waals surface area contributed by atoms with E-state index < -0.39 is 16.8 Å². The van der Waals surface area contributed by atoms with Crippen LogP contribution in [0.1, 0.15) is 160 Å². The minimum Gasteiger partial charge on any atom is -0.389 e. The highest BCUT2D eigenvalue weighted by molar-refractivity contribution is 6.21. The van der Waals surface area contributed by atoms with Crippen molar-refractivity contribution in [1.82, 2.24) is 0 Å². The van der Waals surface area contributed by atoms with Gasteiger partial charge in [-0.15, -0.1) is 34.8 Å². The molecule has 6 heteroatoms. The first-order valence-corrected chi connectivity index (χ1v) is 21.2. The van der Waals surface area contributed by atoms with Crippen molar-refractivity contribution in [3.8, 4) is 0 Å². The molecule has 0 heterocycles. The number of rotatable bonds is 0. The van der Waals surface area contributed by atoms with Crippen molar-refractivity contribution >= 4 is 34.8 Å². The molecule has 0 aromatic carbocycles. The fourth-order valence-corrected chi connectivity index (χ4v) is 14.5. The van der Waals surface area contributed by atoms with E-state index >= 15 is 0 Å². The first-order chi connectivity index (χ1) is 21.8. The predicted molar refractivity (Wildman–Crippen MR) is 206 cm³/mol. The number of alkyl halides is 3. The highest BCUT2D eigenvalue weighted by Gasteiger charge is 2.59. The van der Waals surface area contributed by atoms with Crippen molar-refractivity contribution < 1.29 is 15.3 Å². The second-order valence-corrected chi connectivity index (χ2v) is 22.5. The van der Waals surface area contributed by atoms with E-state index in [1.807, 2.05) is 0 Å². The molecule has 6 rings (SSSR count). The Hall–Kier alpha value is 0.750. The fourth-order valence-electron chi connectivity index (χ4n) is 12.6. The van der Waals surface area contributed by atoms with E-state index in [1.165, 1.54) is 38.5 Å². The summed E-state index contributed by atoms with van der Waals surface area (Å²) >= 11 is 19.3. The summed E-state index contributed by atoms with van der Waals surface area (Å²) in [6.45, 7) is 26.8. The summed E-state index contributed by atoms with van der Waals surface area (Å²) in [6.07, 6.45) is 13.2. The first-order valence-electron chi connectivity index (χ1n) is 19.9. The van der Waals surface area contributed by atoms with Gasteiger partial charge >= 0.3 is 0 Å². The molecule has 0 saturated heterocycles. The Bertz CT molecular complexity index is 961. The quantitative estimate of drug-likeness (QED) is 0.217. The number of aliphatic hydroxyl groups is 3. The Balaban J connectivity index is 0.000000163. The van der Waals surface area contributed by atoms with Crippen molar-refractivity contribution in [2.24, 2.45) is 69.5 Å². The molecule has 282 valence electrons. The first kappa shape index (κ1) is 41.5. The second-order valence-electron chi connectivity index (χ2n) is 20.8. The van der Waals surface area contributed by atoms with Crippen LogP contribution in [0.4, 0.5) is 0 Å². The van der Waals surface area contributed by atoms with E-state index in [1.54, 1.807) is 0 Å². The molecule has 0 radical (unpaired) electrons. The van der Waals surface area contributed by atoms with Crippen molar-refractivity contribution in [3.63, 3.8) is 0 Å². The summed E-state index contributed by atoms with van der Waals surface area (Å²) in [5.74, 6) is 3.91. The Morgan fingerprint density at radius 1 is 0.375 bits per heavy atom. The summed E-state index contributed by atoms with van der Waals surface area (Å²) < 4.78 is 0. The van der Waals surface area contributed by atoms with Gasteiger partial charge in [0.15, 0.2) is 0 Å². The third-order valence-corrected chi connectivity index (χ3v) is 17.3. The maximum Gasteiger partial charge on any atom is 0.0722 e. The van der Waals surface area contributed by atoms with Gasteiger partial charge in [-0.1, -0.05) is 102 Å². The van der Waals surface area contributed by atoms with E-state index in [-0.39, 0.29) is 50.1 Å². The van der Waals surface area contributed by atoms with Gasteiger partial charge in [0, 0.05) is 33.9 Å². The average Bonchev–Trinajstić information content (AvgIpc) is 2.93. The molecule has 0 aliphatic heterocycles. The average molecular weight is 734 g/mol. The lowest BCUT2D eigenvalue weighted by Gasteiger charge is -2.58. The number of hydrogen-bond acceptors (Lipinski definition) is 3. The third kappa shape index (κ3) is 7.84. The monoisotopic (exact) mass is 732 g/mol. The van der Waals surface area contributed by atoms with Gasteiger partial charge in [-0.25, -0.2) is 0 Å². The van der Waals surface area contributed by atoms with Gasteiger partial charge < -0.3 is 15.3 Å². The van der Waals surface area contributed by atoms with Crippen LogP contribution in [0, 0.1) is 69.5 Å². The summed E-state index contributed by atoms with van der Waals surface area (Å²) in [4.78, 5) is 0. The summed E-state index contributed by atoms with van der Waals surface area (Å²) in [7, 11) is 0. The van der Waals surface area contributed by atoms with Crippen molar-refractivity contribution in [2.45, 2.75) is 193 Å². The Kier molecular flexibility index (Phi) is 12.6. The standard InChI is InChI=1S/3C14H25ClO/c3*1-9-5-6-12-13(3,4)8-11(15)10(2)14(12,16)7-9/h3*9-12,16H,5-8H2,1-4H3/t3*9-,10+,11+,12+,14-/m111/s1. The fraction of sp³-hybridized carbons (Fsp3) is 1.00. The van der Waals surface area contributed by atoms with E-state index in [0.29, 0.717) is 35.5 Å². The lowest BCUT2D eigenvalue weighted by Crippen LogP contribution is -2.60. The van der Waals surface area contributed by atoms with Crippen LogP contribution < -0.4 is 0 Å². The van der Waals surface area contributed by atoms with E-state index in [9.17, 15) is 15.3 Å². The van der Waals surface area contributed by atoms with Gasteiger partial charge in [0.25, 0.3) is 0 Å². The smallest absolute Gasteiger partial charge is 0.0722 e. The molecule has 6 fully saturated rings. The highest BCUT2D eigenvalue weighted by atomic mass is 35.5. The molecule has 6 aliphatic rings. The van der Waals surface area contributed by atoms with Gasteiger partial charge in [0.2, 0.25) is 0 Å². The maximum atomic E-state index is 11.1. The van der Waals surface area contributed by atoms with Crippen LogP contribution >= 0.6 is 34.8 Å². The van der Waals surface area contributed by atoms with Crippen molar-refractivity contribution in [1.29, 1.82) is 0 Å². The van der Waals surface area contributed by atoms with Crippen LogP contribution in [-0.4, -0.2) is 48.3 Å². The van der Waals surface area contributed by atoms with E-state index in [4.69, 9.17) is 34.8 Å². The van der Waals surface area contributed by atoms with Crippen LogP contribution in [0.25, 0.3) is 0 Å². The SMILES string of the molecule is C[C@@H]1CC[C@H]2C(C)(C)C[C@H](Cl)[C@H](C)[C@]2(O)C1.C[C@@H]1CC[C@H]2C(C)(C)C[C@H](Cl)[C@H](C)[C@]2(O)C1.C[C@@H]1CC[C@H]2C(C)(C)C[C@H](Cl)[C@H](C)[C@]2(O)C1. The topological polar surface area (TPSA) is 60.7 Å². The molecule has 0 bridgehead atoms. The largest absolute Gasteiger partial charge is 0.389 e. The van der Waals surface area contributed by atoms with Crippen LogP contribution in [0.15, 0.2) is 0 Å². The molecule has 0 amide bonds. The Labute approximate surface area is 311 Å². The zero-order valence-electron chi connectivity index (χ0n) is 32.9. The minimum absolute atomic E-state index is 0.126. The normalized spacial score (nSPS) is 52.1. The van der Waals surface area contributed by atoms with Crippen molar-refractivity contribution in [3.05, 3.63) is 0 Å². The maximum absolute atomic E-state index is 11.1. The molecule has 0 spiro atoms. The number of hydrogen-bond donors (Lipinski definition) is 3. The van der Waals surface area contributed by atoms with Gasteiger partial charge in [0.1, 0.15) is 0 Å². The number of halogens is 3. The lowest BCUT2D eigenvalue weighted by molar-refractivity contribution is -0.166. The molecular weight excluding hydrogens is 659 g/mol. The number of fused-ring (bicyclic) bond motifs is 3. The van der Waals surface area contributed by atoms with Crippen LogP contribution in [0.5, 0.6) is 0 Å². The summed E-state index contributed by atoms with van der Waals surface area (Å²) in [5, 5.41) is 33.5. The minimum atomic E-state index is -0.522. The molecule has 0 aromatic heterocycles. The molecule has 0 unspecified atom stereocenters.